The second-order valence-corrected chi connectivity index (χ2v) is 9.55. The molecule has 1 aromatic carbocycles. The number of nitrogens with one attached hydrogen (secondary N) is 1. The van der Waals surface area contributed by atoms with Crippen LogP contribution in [-0.2, 0) is 16.1 Å². The third kappa shape index (κ3) is 4.78. The van der Waals surface area contributed by atoms with Crippen molar-refractivity contribution in [2.45, 2.75) is 70.0 Å². The van der Waals surface area contributed by atoms with E-state index in [0.29, 0.717) is 18.9 Å². The van der Waals surface area contributed by atoms with Crippen LogP contribution in [-0.4, -0.2) is 56.1 Å². The predicted octanol–water partition coefficient (Wildman–Crippen LogP) is 2.04. The standard InChI is InChI=1S/C24H35N7O2/c1-24(26-2,23(25)33)20(18-12-7-4-8-13-18)22(32)30-15-9-14-19(30)21-27-29-31(28-21)16-17-10-5-3-6-11-17/h3,5-6,10-11,18-20,26H,4,7-9,12-16H2,1-2H3,(H2,25,33)/t19-,20+,24?/m0/s1. The maximum Gasteiger partial charge on any atom is 0.238 e. The predicted molar refractivity (Wildman–Crippen MR) is 124 cm³/mol. The molecule has 1 saturated heterocycles. The van der Waals surface area contributed by atoms with Crippen LogP contribution in [0.25, 0.3) is 0 Å². The lowest BCUT2D eigenvalue weighted by atomic mass is 9.69. The summed E-state index contributed by atoms with van der Waals surface area (Å²) < 4.78 is 0. The average molecular weight is 454 g/mol. The van der Waals surface area contributed by atoms with Gasteiger partial charge in [0.2, 0.25) is 11.8 Å². The fourth-order valence-electron chi connectivity index (χ4n) is 5.50. The first-order valence-corrected chi connectivity index (χ1v) is 12.0. The first kappa shape index (κ1) is 23.4. The van der Waals surface area contributed by atoms with Crippen molar-refractivity contribution in [3.8, 4) is 0 Å². The van der Waals surface area contributed by atoms with E-state index in [9.17, 15) is 9.59 Å². The van der Waals surface area contributed by atoms with E-state index in [1.165, 1.54) is 6.42 Å². The van der Waals surface area contributed by atoms with Gasteiger partial charge in [-0.3, -0.25) is 9.59 Å². The number of tetrazole rings is 1. The molecule has 1 aliphatic carbocycles. The number of hydrogen-bond donors (Lipinski definition) is 2. The minimum atomic E-state index is -1.11. The number of benzene rings is 1. The molecule has 2 fully saturated rings. The van der Waals surface area contributed by atoms with Gasteiger partial charge in [0.25, 0.3) is 0 Å². The van der Waals surface area contributed by atoms with Crippen LogP contribution >= 0.6 is 0 Å². The zero-order valence-corrected chi connectivity index (χ0v) is 19.6. The SMILES string of the molecule is CNC(C)(C(N)=O)[C@@H](C(=O)N1CCC[C@H]1c1nnn(Cc2ccccc2)n1)C1CCCCC1. The fraction of sp³-hybridized carbons (Fsp3) is 0.625. The van der Waals surface area contributed by atoms with Crippen LogP contribution in [0.4, 0.5) is 0 Å². The van der Waals surface area contributed by atoms with Gasteiger partial charge in [-0.25, -0.2) is 0 Å². The zero-order valence-electron chi connectivity index (χ0n) is 19.6. The van der Waals surface area contributed by atoms with Crippen LogP contribution in [0.1, 0.15) is 69.3 Å². The summed E-state index contributed by atoms with van der Waals surface area (Å²) in [5, 5.41) is 16.2. The van der Waals surface area contributed by atoms with Gasteiger partial charge in [0.1, 0.15) is 5.54 Å². The molecule has 3 N–H and O–H groups in total. The van der Waals surface area contributed by atoms with Crippen molar-refractivity contribution in [2.75, 3.05) is 13.6 Å². The number of carbonyl (C=O) groups is 2. The quantitative estimate of drug-likeness (QED) is 0.631. The Kier molecular flexibility index (Phi) is 7.07. The van der Waals surface area contributed by atoms with Crippen LogP contribution < -0.4 is 11.1 Å². The van der Waals surface area contributed by atoms with E-state index < -0.39 is 17.4 Å². The molecule has 9 nitrogen and oxygen atoms in total. The highest BCUT2D eigenvalue weighted by Crippen LogP contribution is 2.40. The van der Waals surface area contributed by atoms with Crippen LogP contribution in [0.5, 0.6) is 0 Å². The van der Waals surface area contributed by atoms with Gasteiger partial charge in [-0.2, -0.15) is 4.80 Å². The maximum atomic E-state index is 14.0. The van der Waals surface area contributed by atoms with Crippen LogP contribution in [0.2, 0.25) is 0 Å². The molecule has 0 spiro atoms. The van der Waals surface area contributed by atoms with Crippen molar-refractivity contribution in [2.24, 2.45) is 17.6 Å². The molecule has 1 unspecified atom stereocenters. The van der Waals surface area contributed by atoms with Crippen LogP contribution in [0, 0.1) is 11.8 Å². The highest BCUT2D eigenvalue weighted by atomic mass is 16.2. The monoisotopic (exact) mass is 453 g/mol. The molecule has 1 aliphatic heterocycles. The molecule has 2 amide bonds. The van der Waals surface area contributed by atoms with Gasteiger partial charge < -0.3 is 16.0 Å². The van der Waals surface area contributed by atoms with Gasteiger partial charge in [0, 0.05) is 6.54 Å². The average Bonchev–Trinajstić information content (AvgIpc) is 3.50. The van der Waals surface area contributed by atoms with Gasteiger partial charge in [0.05, 0.1) is 18.5 Å². The third-order valence-electron chi connectivity index (χ3n) is 7.51. The van der Waals surface area contributed by atoms with E-state index in [4.69, 9.17) is 5.73 Å². The van der Waals surface area contributed by atoms with E-state index in [0.717, 1.165) is 44.1 Å². The van der Waals surface area contributed by atoms with E-state index in [-0.39, 0.29) is 17.9 Å². The number of aromatic nitrogens is 4. The van der Waals surface area contributed by atoms with Crippen molar-refractivity contribution < 1.29 is 9.59 Å². The van der Waals surface area contributed by atoms with E-state index in [1.54, 1.807) is 18.8 Å². The number of hydrogen-bond acceptors (Lipinski definition) is 6. The number of rotatable bonds is 8. The van der Waals surface area contributed by atoms with Gasteiger partial charge in [0.15, 0.2) is 5.82 Å². The molecule has 33 heavy (non-hydrogen) atoms. The molecule has 0 bridgehead atoms. The highest BCUT2D eigenvalue weighted by molar-refractivity contribution is 5.93. The molecule has 4 rings (SSSR count). The molecule has 1 aromatic heterocycles. The molecular formula is C24H35N7O2. The van der Waals surface area contributed by atoms with Crippen molar-refractivity contribution in [1.82, 2.24) is 30.4 Å². The van der Waals surface area contributed by atoms with Crippen LogP contribution in [0.15, 0.2) is 30.3 Å². The van der Waals surface area contributed by atoms with Gasteiger partial charge >= 0.3 is 0 Å². The number of carbonyl (C=O) groups excluding carboxylic acids is 2. The Hall–Kier alpha value is -2.81. The molecule has 0 radical (unpaired) electrons. The minimum Gasteiger partial charge on any atom is -0.368 e. The molecule has 2 aliphatic rings. The topological polar surface area (TPSA) is 119 Å². The fourth-order valence-corrected chi connectivity index (χ4v) is 5.50. The summed E-state index contributed by atoms with van der Waals surface area (Å²) in [7, 11) is 1.71. The van der Waals surface area contributed by atoms with E-state index >= 15 is 0 Å². The second kappa shape index (κ2) is 9.99. The number of primary amides is 1. The molecule has 2 aromatic rings. The van der Waals surface area contributed by atoms with Gasteiger partial charge in [-0.1, -0.05) is 49.6 Å². The zero-order chi connectivity index (χ0) is 23.4. The number of amides is 2. The second-order valence-electron chi connectivity index (χ2n) is 9.55. The number of nitrogens with two attached hydrogens (primary N) is 1. The third-order valence-corrected chi connectivity index (χ3v) is 7.51. The summed E-state index contributed by atoms with van der Waals surface area (Å²) in [5.74, 6) is -0.347. The summed E-state index contributed by atoms with van der Waals surface area (Å²) in [6.45, 7) is 2.92. The summed E-state index contributed by atoms with van der Waals surface area (Å²) >= 11 is 0. The van der Waals surface area contributed by atoms with E-state index in [2.05, 4.69) is 20.7 Å². The summed E-state index contributed by atoms with van der Waals surface area (Å²) in [4.78, 5) is 30.0. The first-order valence-electron chi connectivity index (χ1n) is 12.0. The summed E-state index contributed by atoms with van der Waals surface area (Å²) in [6, 6.07) is 9.74. The molecule has 1 saturated carbocycles. The number of likely N-dealkylation sites (tertiary alicyclic amines) is 1. The Morgan fingerprint density at radius 1 is 1.15 bits per heavy atom. The van der Waals surface area contributed by atoms with Crippen molar-refractivity contribution in [1.29, 1.82) is 0 Å². The summed E-state index contributed by atoms with van der Waals surface area (Å²) in [6.07, 6.45) is 6.85. The molecule has 3 atom stereocenters. The first-order chi connectivity index (χ1) is 15.9. The largest absolute Gasteiger partial charge is 0.368 e. The van der Waals surface area contributed by atoms with Gasteiger partial charge in [-0.15, -0.1) is 10.2 Å². The normalized spacial score (nSPS) is 22.1. The van der Waals surface area contributed by atoms with Crippen molar-refractivity contribution in [3.63, 3.8) is 0 Å². The molecular weight excluding hydrogens is 418 g/mol. The molecule has 2 heterocycles. The van der Waals surface area contributed by atoms with Crippen molar-refractivity contribution in [3.05, 3.63) is 41.7 Å². The maximum absolute atomic E-state index is 14.0. The Morgan fingerprint density at radius 3 is 2.55 bits per heavy atom. The Morgan fingerprint density at radius 2 is 1.88 bits per heavy atom. The highest BCUT2D eigenvalue weighted by Gasteiger charge is 2.50. The Balaban J connectivity index is 1.58. The van der Waals surface area contributed by atoms with Crippen LogP contribution in [0.3, 0.4) is 0 Å². The molecule has 9 heteroatoms. The minimum absolute atomic E-state index is 0.0283. The lowest BCUT2D eigenvalue weighted by Gasteiger charge is -2.42. The Bertz CT molecular complexity index is 957. The number of nitrogens with zero attached hydrogens (tertiary/aromatic N) is 5. The van der Waals surface area contributed by atoms with E-state index in [1.807, 2.05) is 35.2 Å². The molecule has 178 valence electrons. The lowest BCUT2D eigenvalue weighted by Crippen LogP contribution is -2.63. The number of likely N-dealkylation sites (N-methyl/N-ethyl adjacent to an activating group) is 1. The van der Waals surface area contributed by atoms with Crippen molar-refractivity contribution >= 4 is 11.8 Å². The van der Waals surface area contributed by atoms with Gasteiger partial charge in [-0.05, 0) is 56.3 Å². The summed E-state index contributed by atoms with van der Waals surface area (Å²) in [5.41, 5.74) is 5.82. The smallest absolute Gasteiger partial charge is 0.238 e. The Labute approximate surface area is 195 Å². The lowest BCUT2D eigenvalue weighted by molar-refractivity contribution is -0.147.